The van der Waals surface area contributed by atoms with E-state index in [9.17, 15) is 18.0 Å². The first kappa shape index (κ1) is 17.8. The number of hydrogen-bond donors (Lipinski definition) is 1. The number of nitrogens with zero attached hydrogens (tertiary/aromatic N) is 3. The zero-order valence-electron chi connectivity index (χ0n) is 12.6. The van der Waals surface area contributed by atoms with Gasteiger partial charge in [0.2, 0.25) is 5.95 Å². The minimum Gasteiger partial charge on any atom is -0.495 e. The summed E-state index contributed by atoms with van der Waals surface area (Å²) in [7, 11) is 1.32. The molecule has 1 heterocycles. The summed E-state index contributed by atoms with van der Waals surface area (Å²) >= 11 is 5.89. The summed E-state index contributed by atoms with van der Waals surface area (Å²) in [5, 5.41) is 0.223. The van der Waals surface area contributed by atoms with Crippen LogP contribution in [0, 0.1) is 6.92 Å². The summed E-state index contributed by atoms with van der Waals surface area (Å²) in [6.45, 7) is 1.34. The Hall–Kier alpha value is -2.55. The molecule has 1 aromatic heterocycles. The van der Waals surface area contributed by atoms with E-state index >= 15 is 0 Å². The molecular formula is C14H12ClF3N4O2. The number of benzene rings is 1. The average molecular weight is 361 g/mol. The molecule has 0 aliphatic rings. The van der Waals surface area contributed by atoms with Gasteiger partial charge in [-0.3, -0.25) is 0 Å². The number of primary amides is 1. The zero-order chi connectivity index (χ0) is 18.1. The molecule has 0 aliphatic carbocycles. The molecule has 0 radical (unpaired) electrons. The van der Waals surface area contributed by atoms with Gasteiger partial charge in [0.1, 0.15) is 11.4 Å². The molecular weight excluding hydrogens is 349 g/mol. The molecule has 2 N–H and O–H groups in total. The highest BCUT2D eigenvalue weighted by atomic mass is 35.5. The zero-order valence-corrected chi connectivity index (χ0v) is 13.3. The van der Waals surface area contributed by atoms with Crippen molar-refractivity contribution in [1.29, 1.82) is 0 Å². The number of methoxy groups -OCH3 is 1. The Morgan fingerprint density at radius 3 is 2.50 bits per heavy atom. The van der Waals surface area contributed by atoms with Gasteiger partial charge in [0.05, 0.1) is 12.8 Å². The second-order valence-electron chi connectivity index (χ2n) is 4.68. The van der Waals surface area contributed by atoms with Crippen molar-refractivity contribution in [2.45, 2.75) is 13.1 Å². The summed E-state index contributed by atoms with van der Waals surface area (Å²) < 4.78 is 44.0. The van der Waals surface area contributed by atoms with E-state index in [-0.39, 0.29) is 22.2 Å². The van der Waals surface area contributed by atoms with Gasteiger partial charge in [0, 0.05) is 10.7 Å². The Bertz CT molecular complexity index is 783. The lowest BCUT2D eigenvalue weighted by atomic mass is 10.2. The van der Waals surface area contributed by atoms with Gasteiger partial charge in [-0.2, -0.15) is 13.2 Å². The first-order chi connectivity index (χ1) is 11.1. The molecule has 0 atom stereocenters. The number of halogens is 4. The van der Waals surface area contributed by atoms with Crippen LogP contribution in [0.5, 0.6) is 5.75 Å². The minimum atomic E-state index is -4.70. The number of carbonyl (C=O) groups is 1. The SMILES string of the molecule is COc1ccc(Cl)cc1N(C(N)=O)c1nc(C)cc(C(F)(F)F)n1. The maximum atomic E-state index is 13.0. The van der Waals surface area contributed by atoms with E-state index in [1.165, 1.54) is 32.2 Å². The summed E-state index contributed by atoms with van der Waals surface area (Å²) in [6.07, 6.45) is -4.70. The van der Waals surface area contributed by atoms with E-state index in [0.29, 0.717) is 4.90 Å². The molecule has 1 aromatic carbocycles. The first-order valence-electron chi connectivity index (χ1n) is 6.49. The molecule has 2 amide bonds. The molecule has 2 rings (SSSR count). The number of urea groups is 1. The fourth-order valence-corrected chi connectivity index (χ4v) is 2.13. The Kier molecular flexibility index (Phi) is 4.83. The Morgan fingerprint density at radius 1 is 1.29 bits per heavy atom. The highest BCUT2D eigenvalue weighted by Gasteiger charge is 2.35. The number of anilines is 2. The number of nitrogens with two attached hydrogens (primary N) is 1. The van der Waals surface area contributed by atoms with E-state index in [1.807, 2.05) is 0 Å². The van der Waals surface area contributed by atoms with Gasteiger partial charge in [-0.1, -0.05) is 11.6 Å². The van der Waals surface area contributed by atoms with Crippen molar-refractivity contribution in [3.63, 3.8) is 0 Å². The van der Waals surface area contributed by atoms with Crippen LogP contribution in [-0.2, 0) is 6.18 Å². The van der Waals surface area contributed by atoms with E-state index in [1.54, 1.807) is 0 Å². The molecule has 0 saturated carbocycles. The molecule has 0 saturated heterocycles. The summed E-state index contributed by atoms with van der Waals surface area (Å²) in [6, 6.07) is 3.91. The molecule has 128 valence electrons. The van der Waals surface area contributed by atoms with Crippen LogP contribution in [-0.4, -0.2) is 23.1 Å². The van der Waals surface area contributed by atoms with Gasteiger partial charge in [0.15, 0.2) is 0 Å². The molecule has 0 bridgehead atoms. The number of hydrogen-bond acceptors (Lipinski definition) is 4. The normalized spacial score (nSPS) is 11.2. The van der Waals surface area contributed by atoms with Gasteiger partial charge in [0.25, 0.3) is 0 Å². The predicted octanol–water partition coefficient (Wildman–Crippen LogP) is 3.68. The summed E-state index contributed by atoms with van der Waals surface area (Å²) in [5.74, 6) is -0.368. The van der Waals surface area contributed by atoms with Gasteiger partial charge in [-0.05, 0) is 31.2 Å². The number of aryl methyl sites for hydroxylation is 1. The van der Waals surface area contributed by atoms with Crippen LogP contribution in [0.15, 0.2) is 24.3 Å². The maximum absolute atomic E-state index is 13.0. The Morgan fingerprint density at radius 2 is 1.96 bits per heavy atom. The lowest BCUT2D eigenvalue weighted by Gasteiger charge is -2.22. The number of aromatic nitrogens is 2. The van der Waals surface area contributed by atoms with Crippen molar-refractivity contribution in [3.8, 4) is 5.75 Å². The van der Waals surface area contributed by atoms with Crippen molar-refractivity contribution in [1.82, 2.24) is 9.97 Å². The number of alkyl halides is 3. The van der Waals surface area contributed by atoms with Gasteiger partial charge in [-0.25, -0.2) is 19.7 Å². The Labute approximate surface area is 140 Å². The van der Waals surface area contributed by atoms with Gasteiger partial charge < -0.3 is 10.5 Å². The van der Waals surface area contributed by atoms with Crippen molar-refractivity contribution >= 4 is 29.3 Å². The highest BCUT2D eigenvalue weighted by molar-refractivity contribution is 6.31. The second-order valence-corrected chi connectivity index (χ2v) is 5.12. The second kappa shape index (κ2) is 6.52. The van der Waals surface area contributed by atoms with Gasteiger partial charge >= 0.3 is 12.2 Å². The summed E-state index contributed by atoms with van der Waals surface area (Å²) in [5.41, 5.74) is 4.15. The number of ether oxygens (including phenoxy) is 1. The third-order valence-corrected chi connectivity index (χ3v) is 3.17. The van der Waals surface area contributed by atoms with Crippen LogP contribution < -0.4 is 15.4 Å². The fourth-order valence-electron chi connectivity index (χ4n) is 1.96. The van der Waals surface area contributed by atoms with E-state index < -0.39 is 23.8 Å². The summed E-state index contributed by atoms with van der Waals surface area (Å²) in [4.78, 5) is 19.8. The van der Waals surface area contributed by atoms with E-state index in [0.717, 1.165) is 6.07 Å². The van der Waals surface area contributed by atoms with E-state index in [2.05, 4.69) is 9.97 Å². The van der Waals surface area contributed by atoms with Crippen molar-refractivity contribution in [2.24, 2.45) is 5.73 Å². The molecule has 0 unspecified atom stereocenters. The third kappa shape index (κ3) is 3.67. The quantitative estimate of drug-likeness (QED) is 0.905. The van der Waals surface area contributed by atoms with Crippen LogP contribution in [0.4, 0.5) is 29.6 Å². The third-order valence-electron chi connectivity index (χ3n) is 2.94. The smallest absolute Gasteiger partial charge is 0.433 e. The van der Waals surface area contributed by atoms with Crippen molar-refractivity contribution < 1.29 is 22.7 Å². The van der Waals surface area contributed by atoms with Gasteiger partial charge in [-0.15, -0.1) is 0 Å². The highest BCUT2D eigenvalue weighted by Crippen LogP contribution is 2.36. The van der Waals surface area contributed by atoms with E-state index in [4.69, 9.17) is 22.1 Å². The molecule has 0 spiro atoms. The minimum absolute atomic E-state index is 0.0135. The van der Waals surface area contributed by atoms with Crippen LogP contribution in [0.3, 0.4) is 0 Å². The van der Waals surface area contributed by atoms with Crippen LogP contribution >= 0.6 is 11.6 Å². The van der Waals surface area contributed by atoms with Crippen LogP contribution in [0.2, 0.25) is 5.02 Å². The topological polar surface area (TPSA) is 81.3 Å². The molecule has 2 aromatic rings. The number of rotatable bonds is 3. The predicted molar refractivity (Wildman–Crippen MR) is 81.5 cm³/mol. The fraction of sp³-hybridized carbons (Fsp3) is 0.214. The number of amides is 2. The van der Waals surface area contributed by atoms with Crippen molar-refractivity contribution in [2.75, 3.05) is 12.0 Å². The molecule has 10 heteroatoms. The lowest BCUT2D eigenvalue weighted by Crippen LogP contribution is -2.33. The first-order valence-corrected chi connectivity index (χ1v) is 6.87. The molecule has 0 fully saturated rings. The molecule has 6 nitrogen and oxygen atoms in total. The lowest BCUT2D eigenvalue weighted by molar-refractivity contribution is -0.141. The van der Waals surface area contributed by atoms with Crippen LogP contribution in [0.25, 0.3) is 0 Å². The average Bonchev–Trinajstić information content (AvgIpc) is 2.46. The Balaban J connectivity index is 2.68. The molecule has 0 aliphatic heterocycles. The monoisotopic (exact) mass is 360 g/mol. The number of carbonyl (C=O) groups excluding carboxylic acids is 1. The van der Waals surface area contributed by atoms with Crippen molar-refractivity contribution in [3.05, 3.63) is 40.7 Å². The maximum Gasteiger partial charge on any atom is 0.433 e. The standard InChI is InChI=1S/C14H12ClF3N4O2/c1-7-5-11(14(16,17)18)21-13(20-7)22(12(19)23)9-6-8(15)3-4-10(9)24-2/h3-6H,1-2H3,(H2,19,23). The molecule has 24 heavy (non-hydrogen) atoms. The van der Waals surface area contributed by atoms with Crippen LogP contribution in [0.1, 0.15) is 11.4 Å². The largest absolute Gasteiger partial charge is 0.495 e.